The zero-order valence-corrected chi connectivity index (χ0v) is 18.2. The summed E-state index contributed by atoms with van der Waals surface area (Å²) in [6.07, 6.45) is 0. The number of aromatic amines is 1. The van der Waals surface area contributed by atoms with E-state index >= 15 is 0 Å². The molecule has 3 N–H and O–H groups in total. The average molecular weight is 507 g/mol. The van der Waals surface area contributed by atoms with Crippen LogP contribution in [0, 0.1) is 5.92 Å². The minimum Gasteiger partial charge on any atom is -0.354 e. The van der Waals surface area contributed by atoms with Crippen molar-refractivity contribution in [3.8, 4) is 11.4 Å². The second-order valence-corrected chi connectivity index (χ2v) is 6.63. The topological polar surface area (TPSA) is 78.0 Å². The molecule has 0 bridgehead atoms. The number of hydrogen-bond acceptors (Lipinski definition) is 3. The second-order valence-electron chi connectivity index (χ2n) is 5.72. The molecular weight excluding hydrogens is 483 g/mol. The standard InChI is InChI=1S/C16H23BrN6.HI/c1-10(2)11(3)20-16(18-4)19-9-14-21-15(23-22-14)12-5-7-13(17)8-6-12;/h5-8,10-11H,9H2,1-4H3,(H2,18,19,20)(H,21,22,23);1H. The third kappa shape index (κ3) is 6.04. The highest BCUT2D eigenvalue weighted by Crippen LogP contribution is 2.18. The molecule has 2 aromatic rings. The van der Waals surface area contributed by atoms with Crippen molar-refractivity contribution in [2.75, 3.05) is 7.05 Å². The minimum absolute atomic E-state index is 0. The number of nitrogens with zero attached hydrogens (tertiary/aromatic N) is 3. The van der Waals surface area contributed by atoms with E-state index in [9.17, 15) is 0 Å². The molecule has 1 aromatic carbocycles. The molecule has 0 aliphatic carbocycles. The average Bonchev–Trinajstić information content (AvgIpc) is 3.00. The molecule has 0 aliphatic heterocycles. The largest absolute Gasteiger partial charge is 0.354 e. The lowest BCUT2D eigenvalue weighted by molar-refractivity contribution is 0.480. The fourth-order valence-corrected chi connectivity index (χ4v) is 2.11. The van der Waals surface area contributed by atoms with Crippen LogP contribution in [0.3, 0.4) is 0 Å². The maximum Gasteiger partial charge on any atom is 0.191 e. The Morgan fingerprint density at radius 2 is 1.92 bits per heavy atom. The van der Waals surface area contributed by atoms with Gasteiger partial charge in [0.1, 0.15) is 5.82 Å². The van der Waals surface area contributed by atoms with Gasteiger partial charge in [-0.25, -0.2) is 4.98 Å². The Labute approximate surface area is 168 Å². The van der Waals surface area contributed by atoms with Crippen molar-refractivity contribution >= 4 is 45.9 Å². The quantitative estimate of drug-likeness (QED) is 0.329. The maximum absolute atomic E-state index is 4.50. The van der Waals surface area contributed by atoms with E-state index in [4.69, 9.17) is 0 Å². The smallest absolute Gasteiger partial charge is 0.191 e. The molecule has 6 nitrogen and oxygen atoms in total. The molecule has 1 unspecified atom stereocenters. The van der Waals surface area contributed by atoms with Crippen molar-refractivity contribution in [1.82, 2.24) is 25.8 Å². The normalized spacial score (nSPS) is 12.7. The summed E-state index contributed by atoms with van der Waals surface area (Å²) in [5.41, 5.74) is 0.978. The first kappa shape index (κ1) is 20.9. The SMILES string of the molecule is CN=C(NCc1nc(-c2ccc(Br)cc2)n[nH]1)NC(C)C(C)C.I. The Bertz CT molecular complexity index is 653. The zero-order valence-electron chi connectivity index (χ0n) is 14.3. The number of halogens is 2. The molecule has 1 aromatic heterocycles. The molecule has 0 amide bonds. The van der Waals surface area contributed by atoms with E-state index in [1.54, 1.807) is 7.05 Å². The minimum atomic E-state index is 0. The summed E-state index contributed by atoms with van der Waals surface area (Å²) in [5, 5.41) is 13.8. The Hall–Kier alpha value is -1.16. The van der Waals surface area contributed by atoms with Crippen LogP contribution in [0.1, 0.15) is 26.6 Å². The molecule has 0 spiro atoms. The van der Waals surface area contributed by atoms with Crippen LogP contribution in [0.2, 0.25) is 0 Å². The zero-order chi connectivity index (χ0) is 16.8. The molecule has 1 heterocycles. The van der Waals surface area contributed by atoms with Crippen LogP contribution < -0.4 is 10.6 Å². The van der Waals surface area contributed by atoms with Crippen LogP contribution >= 0.6 is 39.9 Å². The van der Waals surface area contributed by atoms with Gasteiger partial charge in [0.2, 0.25) is 0 Å². The summed E-state index contributed by atoms with van der Waals surface area (Å²) < 4.78 is 1.04. The number of benzene rings is 1. The summed E-state index contributed by atoms with van der Waals surface area (Å²) in [6.45, 7) is 7.02. The van der Waals surface area contributed by atoms with Crippen LogP contribution in [-0.4, -0.2) is 34.2 Å². The van der Waals surface area contributed by atoms with Gasteiger partial charge in [-0.3, -0.25) is 10.1 Å². The molecule has 0 saturated carbocycles. The first-order valence-corrected chi connectivity index (χ1v) is 8.43. The van der Waals surface area contributed by atoms with E-state index in [1.165, 1.54) is 0 Å². The second kappa shape index (κ2) is 9.97. The Balaban J connectivity index is 0.00000288. The summed E-state index contributed by atoms with van der Waals surface area (Å²) in [6, 6.07) is 8.25. The highest BCUT2D eigenvalue weighted by Gasteiger charge is 2.10. The van der Waals surface area contributed by atoms with Crippen LogP contribution in [-0.2, 0) is 6.54 Å². The van der Waals surface area contributed by atoms with Crippen molar-refractivity contribution < 1.29 is 0 Å². The molecule has 8 heteroatoms. The Morgan fingerprint density at radius 1 is 1.25 bits per heavy atom. The lowest BCUT2D eigenvalue weighted by atomic mass is 10.1. The molecule has 0 radical (unpaired) electrons. The van der Waals surface area contributed by atoms with E-state index in [0.29, 0.717) is 24.3 Å². The molecule has 132 valence electrons. The molecule has 2 rings (SSSR count). The number of rotatable bonds is 5. The van der Waals surface area contributed by atoms with Gasteiger partial charge in [0.15, 0.2) is 11.8 Å². The maximum atomic E-state index is 4.50. The summed E-state index contributed by atoms with van der Waals surface area (Å²) in [4.78, 5) is 8.73. The molecule has 0 saturated heterocycles. The number of guanidine groups is 1. The fraction of sp³-hybridized carbons (Fsp3) is 0.438. The van der Waals surface area contributed by atoms with Gasteiger partial charge in [-0.15, -0.1) is 24.0 Å². The molecule has 1 atom stereocenters. The van der Waals surface area contributed by atoms with Crippen molar-refractivity contribution in [3.05, 3.63) is 34.6 Å². The number of hydrogen-bond donors (Lipinski definition) is 3. The summed E-state index contributed by atoms with van der Waals surface area (Å²) in [7, 11) is 1.76. The van der Waals surface area contributed by atoms with E-state index in [0.717, 1.165) is 21.8 Å². The van der Waals surface area contributed by atoms with Gasteiger partial charge in [0.25, 0.3) is 0 Å². The van der Waals surface area contributed by atoms with E-state index in [1.807, 2.05) is 24.3 Å². The lowest BCUT2D eigenvalue weighted by Crippen LogP contribution is -2.44. The monoisotopic (exact) mass is 506 g/mol. The van der Waals surface area contributed by atoms with E-state index in [2.05, 4.69) is 67.5 Å². The fourth-order valence-electron chi connectivity index (χ4n) is 1.85. The van der Waals surface area contributed by atoms with Crippen molar-refractivity contribution in [3.63, 3.8) is 0 Å². The molecule has 0 aliphatic rings. The predicted molar refractivity (Wildman–Crippen MR) is 113 cm³/mol. The first-order valence-electron chi connectivity index (χ1n) is 7.64. The molecular formula is C16H24BrIN6. The van der Waals surface area contributed by atoms with Gasteiger partial charge >= 0.3 is 0 Å². The van der Waals surface area contributed by atoms with Gasteiger partial charge < -0.3 is 10.6 Å². The third-order valence-electron chi connectivity index (χ3n) is 3.65. The Kier molecular flexibility index (Phi) is 8.68. The van der Waals surface area contributed by atoms with Crippen LogP contribution in [0.5, 0.6) is 0 Å². The Morgan fingerprint density at radius 3 is 2.50 bits per heavy atom. The molecule has 0 fully saturated rings. The number of nitrogens with one attached hydrogen (secondary N) is 3. The first-order chi connectivity index (χ1) is 11.0. The number of H-pyrrole nitrogens is 1. The van der Waals surface area contributed by atoms with Gasteiger partial charge in [0, 0.05) is 23.1 Å². The molecule has 24 heavy (non-hydrogen) atoms. The van der Waals surface area contributed by atoms with Gasteiger partial charge in [-0.1, -0.05) is 41.9 Å². The third-order valence-corrected chi connectivity index (χ3v) is 4.17. The summed E-state index contributed by atoms with van der Waals surface area (Å²) in [5.74, 6) is 2.74. The highest BCUT2D eigenvalue weighted by molar-refractivity contribution is 14.0. The number of aromatic nitrogens is 3. The van der Waals surface area contributed by atoms with Crippen molar-refractivity contribution in [2.45, 2.75) is 33.4 Å². The van der Waals surface area contributed by atoms with E-state index in [-0.39, 0.29) is 24.0 Å². The van der Waals surface area contributed by atoms with Crippen molar-refractivity contribution in [1.29, 1.82) is 0 Å². The van der Waals surface area contributed by atoms with Gasteiger partial charge in [-0.2, -0.15) is 5.10 Å². The van der Waals surface area contributed by atoms with Crippen LogP contribution in [0.15, 0.2) is 33.7 Å². The predicted octanol–water partition coefficient (Wildman–Crippen LogP) is 3.56. The van der Waals surface area contributed by atoms with Crippen LogP contribution in [0.25, 0.3) is 11.4 Å². The summed E-state index contributed by atoms with van der Waals surface area (Å²) >= 11 is 3.42. The van der Waals surface area contributed by atoms with Gasteiger partial charge in [0.05, 0.1) is 6.54 Å². The van der Waals surface area contributed by atoms with Crippen LogP contribution in [0.4, 0.5) is 0 Å². The highest BCUT2D eigenvalue weighted by atomic mass is 127. The lowest BCUT2D eigenvalue weighted by Gasteiger charge is -2.20. The van der Waals surface area contributed by atoms with Crippen molar-refractivity contribution in [2.24, 2.45) is 10.9 Å². The van der Waals surface area contributed by atoms with Gasteiger partial charge in [-0.05, 0) is 25.0 Å². The van der Waals surface area contributed by atoms with E-state index < -0.39 is 0 Å². The number of aliphatic imine (C=N–C) groups is 1.